The van der Waals surface area contributed by atoms with Crippen molar-refractivity contribution < 1.29 is 0 Å². The smallest absolute Gasteiger partial charge is 0.165 e. The molecule has 0 spiro atoms. The van der Waals surface area contributed by atoms with Gasteiger partial charge in [-0.1, -0.05) is 26.7 Å². The Morgan fingerprint density at radius 1 is 1.44 bits per heavy atom. The topological polar surface area (TPSA) is 55.6 Å². The maximum Gasteiger partial charge on any atom is 0.165 e. The zero-order valence-electron chi connectivity index (χ0n) is 10.2. The fourth-order valence-corrected chi connectivity index (χ4v) is 1.76. The van der Waals surface area contributed by atoms with Crippen LogP contribution in [0.5, 0.6) is 0 Å². The van der Waals surface area contributed by atoms with E-state index in [1.165, 1.54) is 25.7 Å². The van der Waals surface area contributed by atoms with E-state index in [0.717, 1.165) is 24.8 Å². The van der Waals surface area contributed by atoms with Crippen molar-refractivity contribution in [1.29, 1.82) is 0 Å². The van der Waals surface area contributed by atoms with Crippen LogP contribution in [0, 0.1) is 5.92 Å². The van der Waals surface area contributed by atoms with Crippen LogP contribution in [0.15, 0.2) is 0 Å². The lowest BCUT2D eigenvalue weighted by molar-refractivity contribution is 0.486. The SMILES string of the molecule is CC(C)NCc1nnnn1CCCC1CC1. The zero-order valence-corrected chi connectivity index (χ0v) is 10.2. The molecule has 0 atom stereocenters. The largest absolute Gasteiger partial charge is 0.308 e. The van der Waals surface area contributed by atoms with E-state index in [2.05, 4.69) is 34.7 Å². The van der Waals surface area contributed by atoms with Gasteiger partial charge in [-0.15, -0.1) is 5.10 Å². The van der Waals surface area contributed by atoms with Crippen LogP contribution in [0.25, 0.3) is 0 Å². The van der Waals surface area contributed by atoms with E-state index in [4.69, 9.17) is 0 Å². The number of nitrogens with one attached hydrogen (secondary N) is 1. The minimum Gasteiger partial charge on any atom is -0.308 e. The number of aryl methyl sites for hydroxylation is 1. The third-order valence-corrected chi connectivity index (χ3v) is 2.95. The molecule has 0 bridgehead atoms. The van der Waals surface area contributed by atoms with Gasteiger partial charge in [0, 0.05) is 12.6 Å². The van der Waals surface area contributed by atoms with Crippen molar-refractivity contribution in [1.82, 2.24) is 25.5 Å². The van der Waals surface area contributed by atoms with E-state index in [9.17, 15) is 0 Å². The highest BCUT2D eigenvalue weighted by Crippen LogP contribution is 2.33. The number of nitrogens with zero attached hydrogens (tertiary/aromatic N) is 4. The Morgan fingerprint density at radius 2 is 2.25 bits per heavy atom. The second kappa shape index (κ2) is 5.39. The van der Waals surface area contributed by atoms with Crippen LogP contribution >= 0.6 is 0 Å². The molecular formula is C11H21N5. The molecule has 1 heterocycles. The number of tetrazole rings is 1. The van der Waals surface area contributed by atoms with E-state index in [1.807, 2.05) is 4.68 Å². The van der Waals surface area contributed by atoms with Gasteiger partial charge in [0.05, 0.1) is 6.54 Å². The van der Waals surface area contributed by atoms with Gasteiger partial charge in [0.15, 0.2) is 5.82 Å². The first kappa shape index (κ1) is 11.5. The minimum atomic E-state index is 0.469. The lowest BCUT2D eigenvalue weighted by Crippen LogP contribution is -2.24. The van der Waals surface area contributed by atoms with Gasteiger partial charge in [-0.2, -0.15) is 0 Å². The fourth-order valence-electron chi connectivity index (χ4n) is 1.76. The molecule has 1 aromatic heterocycles. The number of hydrogen-bond donors (Lipinski definition) is 1. The van der Waals surface area contributed by atoms with E-state index in [0.29, 0.717) is 6.04 Å². The van der Waals surface area contributed by atoms with Crippen LogP contribution in [0.2, 0.25) is 0 Å². The van der Waals surface area contributed by atoms with Gasteiger partial charge in [-0.05, 0) is 29.2 Å². The Bertz CT molecular complexity index is 316. The van der Waals surface area contributed by atoms with E-state index < -0.39 is 0 Å². The maximum absolute atomic E-state index is 4.04. The molecule has 0 saturated heterocycles. The predicted octanol–water partition coefficient (Wildman–Crippen LogP) is 1.36. The molecule has 2 rings (SSSR count). The molecular weight excluding hydrogens is 202 g/mol. The summed E-state index contributed by atoms with van der Waals surface area (Å²) in [4.78, 5) is 0. The predicted molar refractivity (Wildman–Crippen MR) is 61.8 cm³/mol. The lowest BCUT2D eigenvalue weighted by Gasteiger charge is -2.08. The molecule has 1 aliphatic carbocycles. The molecule has 0 amide bonds. The summed E-state index contributed by atoms with van der Waals surface area (Å²) in [5.41, 5.74) is 0. The molecule has 0 unspecified atom stereocenters. The molecule has 1 fully saturated rings. The average Bonchev–Trinajstić information content (AvgIpc) is 2.95. The normalized spacial score (nSPS) is 15.9. The minimum absolute atomic E-state index is 0.469. The Labute approximate surface area is 96.6 Å². The highest BCUT2D eigenvalue weighted by molar-refractivity contribution is 4.81. The monoisotopic (exact) mass is 223 g/mol. The Morgan fingerprint density at radius 3 is 2.94 bits per heavy atom. The standard InChI is InChI=1S/C11H21N5/c1-9(2)12-8-11-13-14-15-16(11)7-3-4-10-5-6-10/h9-10,12H,3-8H2,1-2H3. The van der Waals surface area contributed by atoms with Crippen LogP contribution < -0.4 is 5.32 Å². The first-order valence-electron chi connectivity index (χ1n) is 6.24. The summed E-state index contributed by atoms with van der Waals surface area (Å²) in [6, 6.07) is 0.469. The Balaban J connectivity index is 1.75. The molecule has 1 saturated carbocycles. The number of aromatic nitrogens is 4. The summed E-state index contributed by atoms with van der Waals surface area (Å²) in [7, 11) is 0. The van der Waals surface area contributed by atoms with Gasteiger partial charge in [0.25, 0.3) is 0 Å². The van der Waals surface area contributed by atoms with Crippen LogP contribution in [-0.2, 0) is 13.1 Å². The first-order valence-corrected chi connectivity index (χ1v) is 6.24. The van der Waals surface area contributed by atoms with Crippen molar-refractivity contribution in [3.05, 3.63) is 5.82 Å². The van der Waals surface area contributed by atoms with Gasteiger partial charge in [0.2, 0.25) is 0 Å². The number of rotatable bonds is 7. The molecule has 5 heteroatoms. The summed E-state index contributed by atoms with van der Waals surface area (Å²) < 4.78 is 1.93. The maximum atomic E-state index is 4.04. The van der Waals surface area contributed by atoms with Crippen LogP contribution in [-0.4, -0.2) is 26.2 Å². The summed E-state index contributed by atoms with van der Waals surface area (Å²) in [6.45, 7) is 5.97. The third kappa shape index (κ3) is 3.56. The molecule has 1 aromatic rings. The molecule has 1 N–H and O–H groups in total. The average molecular weight is 223 g/mol. The third-order valence-electron chi connectivity index (χ3n) is 2.95. The van der Waals surface area contributed by atoms with Crippen molar-refractivity contribution in [3.8, 4) is 0 Å². The van der Waals surface area contributed by atoms with Crippen molar-refractivity contribution in [2.45, 2.75) is 58.7 Å². The highest BCUT2D eigenvalue weighted by Gasteiger charge is 2.20. The van der Waals surface area contributed by atoms with Gasteiger partial charge in [0.1, 0.15) is 0 Å². The summed E-state index contributed by atoms with van der Waals surface area (Å²) in [5, 5.41) is 15.1. The molecule has 0 aromatic carbocycles. The summed E-state index contributed by atoms with van der Waals surface area (Å²) in [5.74, 6) is 1.94. The second-order valence-electron chi connectivity index (χ2n) is 4.94. The van der Waals surface area contributed by atoms with Gasteiger partial charge in [-0.3, -0.25) is 0 Å². The zero-order chi connectivity index (χ0) is 11.4. The van der Waals surface area contributed by atoms with E-state index in [-0.39, 0.29) is 0 Å². The lowest BCUT2D eigenvalue weighted by atomic mass is 10.2. The molecule has 1 aliphatic rings. The van der Waals surface area contributed by atoms with E-state index in [1.54, 1.807) is 0 Å². The highest BCUT2D eigenvalue weighted by atomic mass is 15.5. The van der Waals surface area contributed by atoms with Crippen LogP contribution in [0.4, 0.5) is 0 Å². The molecule has 16 heavy (non-hydrogen) atoms. The van der Waals surface area contributed by atoms with Crippen molar-refractivity contribution in [2.75, 3.05) is 0 Å². The van der Waals surface area contributed by atoms with Crippen LogP contribution in [0.1, 0.15) is 45.4 Å². The van der Waals surface area contributed by atoms with Crippen LogP contribution in [0.3, 0.4) is 0 Å². The molecule has 0 aliphatic heterocycles. The van der Waals surface area contributed by atoms with Crippen molar-refractivity contribution in [3.63, 3.8) is 0 Å². The number of hydrogen-bond acceptors (Lipinski definition) is 4. The van der Waals surface area contributed by atoms with E-state index >= 15 is 0 Å². The first-order chi connectivity index (χ1) is 7.75. The summed E-state index contributed by atoms with van der Waals surface area (Å²) in [6.07, 6.45) is 5.38. The van der Waals surface area contributed by atoms with Crippen molar-refractivity contribution >= 4 is 0 Å². The molecule has 0 radical (unpaired) electrons. The molecule has 90 valence electrons. The summed E-state index contributed by atoms with van der Waals surface area (Å²) >= 11 is 0. The molecule has 5 nitrogen and oxygen atoms in total. The Kier molecular flexibility index (Phi) is 3.88. The van der Waals surface area contributed by atoms with Gasteiger partial charge < -0.3 is 5.32 Å². The second-order valence-corrected chi connectivity index (χ2v) is 4.94. The fraction of sp³-hybridized carbons (Fsp3) is 0.909. The van der Waals surface area contributed by atoms with Crippen molar-refractivity contribution in [2.24, 2.45) is 5.92 Å². The van der Waals surface area contributed by atoms with Gasteiger partial charge >= 0.3 is 0 Å². The Hall–Kier alpha value is -0.970. The van der Waals surface area contributed by atoms with Gasteiger partial charge in [-0.25, -0.2) is 4.68 Å². The quantitative estimate of drug-likeness (QED) is 0.758.